The van der Waals surface area contributed by atoms with Crippen molar-refractivity contribution < 1.29 is 4.79 Å². The Morgan fingerprint density at radius 1 is 0.931 bits per heavy atom. The summed E-state index contributed by atoms with van der Waals surface area (Å²) in [4.78, 5) is 25.8. The Balaban J connectivity index is 1.38. The van der Waals surface area contributed by atoms with E-state index in [2.05, 4.69) is 40.1 Å². The number of benzene rings is 1. The van der Waals surface area contributed by atoms with E-state index in [1.807, 2.05) is 47.4 Å². The molecule has 1 aromatic carbocycles. The molecule has 6 heteroatoms. The molecule has 4 rings (SSSR count). The molecular formula is C23H25N5O. The Labute approximate surface area is 171 Å². The van der Waals surface area contributed by atoms with Gasteiger partial charge in [0.2, 0.25) is 0 Å². The predicted octanol–water partition coefficient (Wildman–Crippen LogP) is 3.80. The van der Waals surface area contributed by atoms with E-state index in [-0.39, 0.29) is 5.91 Å². The van der Waals surface area contributed by atoms with E-state index in [9.17, 15) is 4.79 Å². The van der Waals surface area contributed by atoms with Crippen LogP contribution in [0.15, 0.2) is 60.9 Å². The van der Waals surface area contributed by atoms with Gasteiger partial charge in [-0.3, -0.25) is 4.79 Å². The lowest BCUT2D eigenvalue weighted by Crippen LogP contribution is -2.49. The van der Waals surface area contributed by atoms with Gasteiger partial charge in [0.25, 0.3) is 5.91 Å². The largest absolute Gasteiger partial charge is 0.353 e. The van der Waals surface area contributed by atoms with Crippen molar-refractivity contribution in [1.82, 2.24) is 14.9 Å². The van der Waals surface area contributed by atoms with Crippen molar-refractivity contribution >= 4 is 23.2 Å². The number of nitrogens with one attached hydrogen (secondary N) is 1. The molecule has 1 saturated heterocycles. The first-order chi connectivity index (χ1) is 14.1. The number of aromatic nitrogens is 2. The van der Waals surface area contributed by atoms with Crippen molar-refractivity contribution in [3.8, 4) is 0 Å². The summed E-state index contributed by atoms with van der Waals surface area (Å²) < 4.78 is 0. The summed E-state index contributed by atoms with van der Waals surface area (Å²) in [5.74, 6) is 1.72. The minimum absolute atomic E-state index is 0.0245. The Hall–Kier alpha value is -3.41. The summed E-state index contributed by atoms with van der Waals surface area (Å²) in [6.07, 6.45) is 3.45. The van der Waals surface area contributed by atoms with Gasteiger partial charge in [-0.2, -0.15) is 0 Å². The molecule has 148 valence electrons. The number of amides is 1. The highest BCUT2D eigenvalue weighted by molar-refractivity contribution is 5.94. The van der Waals surface area contributed by atoms with Gasteiger partial charge >= 0.3 is 0 Å². The third-order valence-corrected chi connectivity index (χ3v) is 5.42. The van der Waals surface area contributed by atoms with Gasteiger partial charge < -0.3 is 15.1 Å². The van der Waals surface area contributed by atoms with Crippen LogP contribution in [0.5, 0.6) is 0 Å². The maximum Gasteiger partial charge on any atom is 0.255 e. The number of aryl methyl sites for hydroxylation is 1. The number of piperazine rings is 1. The van der Waals surface area contributed by atoms with Gasteiger partial charge in [0.1, 0.15) is 11.6 Å². The van der Waals surface area contributed by atoms with Crippen LogP contribution in [0.1, 0.15) is 21.5 Å². The van der Waals surface area contributed by atoms with Crippen molar-refractivity contribution in [1.29, 1.82) is 0 Å². The molecule has 6 nitrogen and oxygen atoms in total. The van der Waals surface area contributed by atoms with Gasteiger partial charge in [-0.25, -0.2) is 9.97 Å². The maximum absolute atomic E-state index is 12.8. The average Bonchev–Trinajstić information content (AvgIpc) is 2.78. The zero-order valence-electron chi connectivity index (χ0n) is 16.8. The van der Waals surface area contributed by atoms with Crippen LogP contribution < -0.4 is 10.2 Å². The maximum atomic E-state index is 12.8. The van der Waals surface area contributed by atoms with Crippen molar-refractivity contribution in [3.63, 3.8) is 0 Å². The van der Waals surface area contributed by atoms with Gasteiger partial charge in [-0.1, -0.05) is 18.2 Å². The molecule has 0 bridgehead atoms. The predicted molar refractivity (Wildman–Crippen MR) is 116 cm³/mol. The molecule has 1 N–H and O–H groups in total. The minimum atomic E-state index is 0.0245. The quantitative estimate of drug-likeness (QED) is 0.738. The Kier molecular flexibility index (Phi) is 5.42. The molecular weight excluding hydrogens is 362 g/mol. The highest BCUT2D eigenvalue weighted by atomic mass is 16.2. The summed E-state index contributed by atoms with van der Waals surface area (Å²) in [5.41, 5.74) is 4.07. The molecule has 3 heterocycles. The lowest BCUT2D eigenvalue weighted by atomic mass is 10.1. The number of pyridine rings is 2. The number of carbonyl (C=O) groups is 1. The van der Waals surface area contributed by atoms with Crippen LogP contribution in [0.4, 0.5) is 17.3 Å². The van der Waals surface area contributed by atoms with E-state index in [1.165, 1.54) is 11.1 Å². The van der Waals surface area contributed by atoms with Crippen LogP contribution in [0.25, 0.3) is 0 Å². The van der Waals surface area contributed by atoms with Crippen LogP contribution in [0.2, 0.25) is 0 Å². The zero-order chi connectivity index (χ0) is 20.2. The van der Waals surface area contributed by atoms with Gasteiger partial charge in [-0.05, 0) is 55.3 Å². The molecule has 0 radical (unpaired) electrons. The second-order valence-corrected chi connectivity index (χ2v) is 7.27. The molecule has 2 aromatic heterocycles. The molecule has 1 aliphatic heterocycles. The van der Waals surface area contributed by atoms with Gasteiger partial charge in [-0.15, -0.1) is 0 Å². The van der Waals surface area contributed by atoms with Crippen LogP contribution in [-0.4, -0.2) is 47.0 Å². The SMILES string of the molecule is Cc1cccc(Nc2ccc(C(=O)N3CCN(c4ccccn4)CC3)cn2)c1C. The van der Waals surface area contributed by atoms with E-state index in [0.717, 1.165) is 30.4 Å². The zero-order valence-corrected chi connectivity index (χ0v) is 16.8. The number of anilines is 3. The first-order valence-corrected chi connectivity index (χ1v) is 9.86. The van der Waals surface area contributed by atoms with Crippen LogP contribution in [0, 0.1) is 13.8 Å². The van der Waals surface area contributed by atoms with E-state index in [0.29, 0.717) is 18.7 Å². The molecule has 1 amide bonds. The van der Waals surface area contributed by atoms with Crippen molar-refractivity contribution in [3.05, 3.63) is 77.6 Å². The fraction of sp³-hybridized carbons (Fsp3) is 0.261. The number of rotatable bonds is 4. The van der Waals surface area contributed by atoms with E-state index in [4.69, 9.17) is 0 Å². The van der Waals surface area contributed by atoms with Crippen LogP contribution >= 0.6 is 0 Å². The molecule has 1 aliphatic rings. The molecule has 0 unspecified atom stereocenters. The Bertz CT molecular complexity index is 980. The van der Waals surface area contributed by atoms with Gasteiger partial charge in [0.05, 0.1) is 5.56 Å². The lowest BCUT2D eigenvalue weighted by Gasteiger charge is -2.35. The first-order valence-electron chi connectivity index (χ1n) is 9.86. The number of nitrogens with zero attached hydrogens (tertiary/aromatic N) is 4. The van der Waals surface area contributed by atoms with Gasteiger partial charge in [0, 0.05) is 44.3 Å². The fourth-order valence-corrected chi connectivity index (χ4v) is 3.48. The highest BCUT2D eigenvalue weighted by Crippen LogP contribution is 2.22. The van der Waals surface area contributed by atoms with Crippen molar-refractivity contribution in [2.75, 3.05) is 36.4 Å². The Morgan fingerprint density at radius 2 is 1.76 bits per heavy atom. The standard InChI is InChI=1S/C23H25N5O/c1-17-6-5-7-20(18(17)2)26-21-10-9-19(16-25-21)23(29)28-14-12-27(13-15-28)22-8-3-4-11-24-22/h3-11,16H,12-15H2,1-2H3,(H,25,26). The molecule has 0 atom stereocenters. The van der Waals surface area contributed by atoms with Gasteiger partial charge in [0.15, 0.2) is 0 Å². The summed E-state index contributed by atoms with van der Waals surface area (Å²) in [7, 11) is 0. The second-order valence-electron chi connectivity index (χ2n) is 7.27. The summed E-state index contributed by atoms with van der Waals surface area (Å²) in [6, 6.07) is 15.7. The smallest absolute Gasteiger partial charge is 0.255 e. The third-order valence-electron chi connectivity index (χ3n) is 5.42. The molecule has 0 spiro atoms. The van der Waals surface area contributed by atoms with E-state index in [1.54, 1.807) is 12.4 Å². The van der Waals surface area contributed by atoms with Crippen LogP contribution in [-0.2, 0) is 0 Å². The monoisotopic (exact) mass is 387 g/mol. The molecule has 0 saturated carbocycles. The summed E-state index contributed by atoms with van der Waals surface area (Å²) in [5, 5.41) is 3.33. The molecule has 1 fully saturated rings. The third kappa shape index (κ3) is 4.21. The number of hydrogen-bond donors (Lipinski definition) is 1. The number of hydrogen-bond acceptors (Lipinski definition) is 5. The minimum Gasteiger partial charge on any atom is -0.353 e. The summed E-state index contributed by atoms with van der Waals surface area (Å²) in [6.45, 7) is 7.09. The van der Waals surface area contributed by atoms with Crippen molar-refractivity contribution in [2.45, 2.75) is 13.8 Å². The van der Waals surface area contributed by atoms with E-state index >= 15 is 0 Å². The second kappa shape index (κ2) is 8.31. The number of carbonyl (C=O) groups excluding carboxylic acids is 1. The van der Waals surface area contributed by atoms with Crippen LogP contribution in [0.3, 0.4) is 0 Å². The summed E-state index contributed by atoms with van der Waals surface area (Å²) >= 11 is 0. The molecule has 0 aliphatic carbocycles. The topological polar surface area (TPSA) is 61.4 Å². The first kappa shape index (κ1) is 18.9. The Morgan fingerprint density at radius 3 is 2.45 bits per heavy atom. The highest BCUT2D eigenvalue weighted by Gasteiger charge is 2.23. The molecule has 29 heavy (non-hydrogen) atoms. The lowest BCUT2D eigenvalue weighted by molar-refractivity contribution is 0.0746. The fourth-order valence-electron chi connectivity index (χ4n) is 3.48. The average molecular weight is 387 g/mol. The van der Waals surface area contributed by atoms with Crippen molar-refractivity contribution in [2.24, 2.45) is 0 Å². The molecule has 3 aromatic rings. The normalized spacial score (nSPS) is 14.0. The van der Waals surface area contributed by atoms with E-state index < -0.39 is 0 Å².